The Morgan fingerprint density at radius 1 is 1.00 bits per heavy atom. The van der Waals surface area contributed by atoms with E-state index < -0.39 is 11.9 Å². The number of carboxylic acid groups (broad SMARTS) is 2. The van der Waals surface area contributed by atoms with Crippen molar-refractivity contribution in [3.05, 3.63) is 23.8 Å². The second-order valence-corrected chi connectivity index (χ2v) is 10.3. The summed E-state index contributed by atoms with van der Waals surface area (Å²) in [5.41, 5.74) is 1.17. The second kappa shape index (κ2) is 11.2. The van der Waals surface area contributed by atoms with Crippen molar-refractivity contribution in [3.63, 3.8) is 0 Å². The number of aliphatic carboxylic acids is 2. The van der Waals surface area contributed by atoms with E-state index in [-0.39, 0.29) is 5.41 Å². The molecule has 0 heterocycles. The number of allylic oxidation sites excluding steroid dienone is 1. The van der Waals surface area contributed by atoms with E-state index >= 15 is 0 Å². The van der Waals surface area contributed by atoms with Gasteiger partial charge in [-0.1, -0.05) is 52.2 Å². The molecule has 4 rings (SSSR count). The summed E-state index contributed by atoms with van der Waals surface area (Å²) in [5, 5.41) is 17.7. The highest BCUT2D eigenvalue weighted by molar-refractivity contribution is 5.86. The molecule has 2 N–H and O–H groups in total. The molecular formula is C26H42O4. The van der Waals surface area contributed by atoms with E-state index in [1.165, 1.54) is 57.8 Å². The first-order valence-corrected chi connectivity index (χ1v) is 12.0. The van der Waals surface area contributed by atoms with Crippen molar-refractivity contribution in [2.24, 2.45) is 29.1 Å². The molecule has 0 aromatic heterocycles. The van der Waals surface area contributed by atoms with Crippen LogP contribution in [0.1, 0.15) is 97.8 Å². The third-order valence-electron chi connectivity index (χ3n) is 7.65. The fraction of sp³-hybridized carbons (Fsp3) is 0.769. The number of unbranched alkanes of at least 4 members (excludes halogenated alkanes) is 1. The minimum atomic E-state index is -0.852. The quantitative estimate of drug-likeness (QED) is 0.380. The molecular weight excluding hydrogens is 376 g/mol. The van der Waals surface area contributed by atoms with Crippen LogP contribution in [-0.4, -0.2) is 22.2 Å². The zero-order valence-electron chi connectivity index (χ0n) is 19.3. The molecule has 4 nitrogen and oxygen atoms in total. The minimum Gasteiger partial charge on any atom is -0.478 e. The summed E-state index contributed by atoms with van der Waals surface area (Å²) in [7, 11) is 0. The molecule has 0 aromatic carbocycles. The zero-order chi connectivity index (χ0) is 22.3. The maximum Gasteiger partial charge on any atom is 0.330 e. The zero-order valence-corrected chi connectivity index (χ0v) is 19.3. The smallest absolute Gasteiger partial charge is 0.330 e. The van der Waals surface area contributed by atoms with Crippen LogP contribution in [0.25, 0.3) is 0 Å². The van der Waals surface area contributed by atoms with Crippen molar-refractivity contribution in [3.8, 4) is 0 Å². The van der Waals surface area contributed by atoms with Gasteiger partial charge in [0.1, 0.15) is 0 Å². The molecule has 4 fully saturated rings. The Bertz CT molecular complexity index is 610. The van der Waals surface area contributed by atoms with Gasteiger partial charge in [-0.2, -0.15) is 0 Å². The van der Waals surface area contributed by atoms with Crippen molar-refractivity contribution in [2.45, 2.75) is 97.8 Å². The first kappa shape index (κ1) is 24.7. The van der Waals surface area contributed by atoms with Crippen LogP contribution in [0.5, 0.6) is 0 Å². The van der Waals surface area contributed by atoms with E-state index in [0.29, 0.717) is 23.5 Å². The highest BCUT2D eigenvalue weighted by atomic mass is 16.4. The van der Waals surface area contributed by atoms with Crippen LogP contribution >= 0.6 is 0 Å². The Labute approximate surface area is 182 Å². The van der Waals surface area contributed by atoms with Gasteiger partial charge in [0.2, 0.25) is 0 Å². The van der Waals surface area contributed by atoms with Gasteiger partial charge in [-0.25, -0.2) is 9.59 Å². The van der Waals surface area contributed by atoms with E-state index in [2.05, 4.69) is 26.5 Å². The molecule has 4 heteroatoms. The average molecular weight is 419 g/mol. The molecule has 0 saturated heterocycles. The molecule has 0 aromatic rings. The Hall–Kier alpha value is -1.58. The van der Waals surface area contributed by atoms with Gasteiger partial charge in [0.15, 0.2) is 0 Å². The second-order valence-electron chi connectivity index (χ2n) is 10.3. The molecule has 4 saturated carbocycles. The summed E-state index contributed by atoms with van der Waals surface area (Å²) >= 11 is 0. The van der Waals surface area contributed by atoms with Gasteiger partial charge >= 0.3 is 11.9 Å². The molecule has 4 aliphatic carbocycles. The largest absolute Gasteiger partial charge is 0.478 e. The summed E-state index contributed by atoms with van der Waals surface area (Å²) in [4.78, 5) is 21.5. The van der Waals surface area contributed by atoms with Crippen LogP contribution in [0.15, 0.2) is 23.8 Å². The van der Waals surface area contributed by atoms with Gasteiger partial charge < -0.3 is 10.2 Å². The van der Waals surface area contributed by atoms with Crippen molar-refractivity contribution in [1.82, 2.24) is 0 Å². The van der Waals surface area contributed by atoms with Crippen molar-refractivity contribution < 1.29 is 19.8 Å². The van der Waals surface area contributed by atoms with Gasteiger partial charge in [0.25, 0.3) is 0 Å². The lowest BCUT2D eigenvalue weighted by atomic mass is 9.49. The van der Waals surface area contributed by atoms with Crippen LogP contribution in [0.2, 0.25) is 0 Å². The molecule has 1 unspecified atom stereocenters. The van der Waals surface area contributed by atoms with Gasteiger partial charge in [0.05, 0.1) is 0 Å². The van der Waals surface area contributed by atoms with E-state index in [9.17, 15) is 9.59 Å². The highest BCUT2D eigenvalue weighted by Gasteiger charge is 2.49. The lowest BCUT2D eigenvalue weighted by Gasteiger charge is -2.56. The normalized spacial score (nSPS) is 30.4. The Morgan fingerprint density at radius 2 is 1.53 bits per heavy atom. The lowest BCUT2D eigenvalue weighted by molar-refractivity contribution is -0.133. The minimum absolute atomic E-state index is 0.261. The topological polar surface area (TPSA) is 74.6 Å². The Balaban J connectivity index is 0.000000217. The summed E-state index contributed by atoms with van der Waals surface area (Å²) < 4.78 is 0. The predicted octanol–water partition coefficient (Wildman–Crippen LogP) is 6.86. The fourth-order valence-corrected chi connectivity index (χ4v) is 6.41. The van der Waals surface area contributed by atoms with Crippen LogP contribution in [0, 0.1) is 29.1 Å². The SMILES string of the molecule is C=C(CCC(CC)CCCC)C(=O)O.CC(=CC12CC3CC(CC(C3)C1)C2)C(=O)O. The molecule has 1 atom stereocenters. The summed E-state index contributed by atoms with van der Waals surface area (Å²) in [5.74, 6) is 1.76. The summed E-state index contributed by atoms with van der Waals surface area (Å²) in [6, 6.07) is 0. The number of carboxylic acids is 2. The number of hydrogen-bond donors (Lipinski definition) is 2. The molecule has 4 bridgehead atoms. The highest BCUT2D eigenvalue weighted by Crippen LogP contribution is 2.60. The number of rotatable bonds is 10. The van der Waals surface area contributed by atoms with Crippen LogP contribution in [0.3, 0.4) is 0 Å². The third kappa shape index (κ3) is 6.99. The fourth-order valence-electron chi connectivity index (χ4n) is 6.41. The van der Waals surface area contributed by atoms with Gasteiger partial charge in [-0.05, 0) is 87.4 Å². The summed E-state index contributed by atoms with van der Waals surface area (Å²) in [6.07, 6.45) is 16.6. The molecule has 0 aliphatic heterocycles. The van der Waals surface area contributed by atoms with E-state index in [4.69, 9.17) is 10.2 Å². The van der Waals surface area contributed by atoms with E-state index in [0.717, 1.165) is 30.6 Å². The maximum absolute atomic E-state index is 11.0. The van der Waals surface area contributed by atoms with Gasteiger partial charge in [-0.3, -0.25) is 0 Å². The summed E-state index contributed by atoms with van der Waals surface area (Å²) in [6.45, 7) is 9.65. The molecule has 0 radical (unpaired) electrons. The Morgan fingerprint density at radius 3 is 1.93 bits per heavy atom. The molecule has 170 valence electrons. The van der Waals surface area contributed by atoms with Crippen LogP contribution < -0.4 is 0 Å². The molecule has 4 aliphatic rings. The van der Waals surface area contributed by atoms with Crippen molar-refractivity contribution in [1.29, 1.82) is 0 Å². The van der Waals surface area contributed by atoms with Gasteiger partial charge in [-0.15, -0.1) is 0 Å². The van der Waals surface area contributed by atoms with E-state index in [1.54, 1.807) is 6.92 Å². The first-order chi connectivity index (χ1) is 14.2. The third-order valence-corrected chi connectivity index (χ3v) is 7.65. The standard InChI is InChI=1S/C14H20O2.C12H22O2/c1-9(13(15)16)5-14-6-10-2-11(7-14)4-12(3-10)8-14;1-4-6-7-11(5-2)9-8-10(3)12(13)14/h5,10-12H,2-4,6-8H2,1H3,(H,15,16);11H,3-9H2,1-2H3,(H,13,14). The first-order valence-electron chi connectivity index (χ1n) is 12.0. The van der Waals surface area contributed by atoms with Crippen LogP contribution in [-0.2, 0) is 9.59 Å². The van der Waals surface area contributed by atoms with Gasteiger partial charge in [0, 0.05) is 11.1 Å². The number of carbonyl (C=O) groups is 2. The molecule has 0 spiro atoms. The monoisotopic (exact) mass is 418 g/mol. The number of hydrogen-bond acceptors (Lipinski definition) is 2. The predicted molar refractivity (Wildman–Crippen MR) is 121 cm³/mol. The van der Waals surface area contributed by atoms with Crippen molar-refractivity contribution in [2.75, 3.05) is 0 Å². The average Bonchev–Trinajstić information content (AvgIpc) is 2.66. The molecule has 0 amide bonds. The van der Waals surface area contributed by atoms with Crippen molar-refractivity contribution >= 4 is 11.9 Å². The van der Waals surface area contributed by atoms with Crippen LogP contribution in [0.4, 0.5) is 0 Å². The van der Waals surface area contributed by atoms with E-state index in [1.807, 2.05) is 0 Å². The molecule has 30 heavy (non-hydrogen) atoms. The Kier molecular flexibility index (Phi) is 9.18. The lowest BCUT2D eigenvalue weighted by Crippen LogP contribution is -2.45. The maximum atomic E-state index is 11.0.